The molecule has 2 N–H and O–H groups in total. The van der Waals surface area contributed by atoms with Gasteiger partial charge >= 0.3 is 0 Å². The summed E-state index contributed by atoms with van der Waals surface area (Å²) in [7, 11) is 1.94. The summed E-state index contributed by atoms with van der Waals surface area (Å²) in [6, 6.07) is 5.90. The molecule has 0 radical (unpaired) electrons. The molecule has 0 unspecified atom stereocenters. The van der Waals surface area contributed by atoms with Gasteiger partial charge in [0, 0.05) is 17.8 Å². The highest BCUT2D eigenvalue weighted by Gasteiger charge is 2.09. The fourth-order valence-corrected chi connectivity index (χ4v) is 1.73. The topological polar surface area (TPSA) is 68.2 Å². The molecular formula is C12H15ClN4O. The highest BCUT2D eigenvalue weighted by atomic mass is 35.5. The van der Waals surface area contributed by atoms with E-state index in [9.17, 15) is 0 Å². The van der Waals surface area contributed by atoms with Crippen molar-refractivity contribution in [3.63, 3.8) is 0 Å². The van der Waals surface area contributed by atoms with Gasteiger partial charge in [-0.3, -0.25) is 0 Å². The molecule has 0 aliphatic heterocycles. The average molecular weight is 267 g/mol. The maximum absolute atomic E-state index is 6.09. The Hall–Kier alpha value is -1.59. The predicted octanol–water partition coefficient (Wildman–Crippen LogP) is 2.13. The van der Waals surface area contributed by atoms with Gasteiger partial charge in [-0.05, 0) is 24.6 Å². The molecule has 18 heavy (non-hydrogen) atoms. The third-order valence-corrected chi connectivity index (χ3v) is 3.07. The second kappa shape index (κ2) is 5.37. The molecule has 0 aliphatic rings. The molecule has 0 fully saturated rings. The first-order valence-corrected chi connectivity index (χ1v) is 5.96. The highest BCUT2D eigenvalue weighted by Crippen LogP contribution is 2.23. The van der Waals surface area contributed by atoms with Gasteiger partial charge in [-0.15, -0.1) is 0 Å². The maximum Gasteiger partial charge on any atom is 0.240 e. The minimum atomic E-state index is 0.257. The van der Waals surface area contributed by atoms with E-state index in [-0.39, 0.29) is 6.54 Å². The van der Waals surface area contributed by atoms with E-state index in [1.165, 1.54) is 0 Å². The average Bonchev–Trinajstić information content (AvgIpc) is 2.80. The Morgan fingerprint density at radius 2 is 2.22 bits per heavy atom. The summed E-state index contributed by atoms with van der Waals surface area (Å²) in [4.78, 5) is 6.15. The quantitative estimate of drug-likeness (QED) is 0.918. The lowest BCUT2D eigenvalue weighted by Gasteiger charge is -2.17. The van der Waals surface area contributed by atoms with Gasteiger partial charge in [0.2, 0.25) is 5.89 Å². The molecule has 1 aromatic heterocycles. The minimum absolute atomic E-state index is 0.257. The SMILES string of the molecule is Cc1ccc(N(C)Cc2noc(CN)n2)cc1Cl. The molecule has 6 heteroatoms. The van der Waals surface area contributed by atoms with Gasteiger partial charge in [0.05, 0.1) is 13.1 Å². The molecule has 5 nitrogen and oxygen atoms in total. The second-order valence-electron chi connectivity index (χ2n) is 4.10. The Balaban J connectivity index is 2.11. The maximum atomic E-state index is 6.09. The molecule has 0 saturated carbocycles. The molecular weight excluding hydrogens is 252 g/mol. The molecule has 0 spiro atoms. The lowest BCUT2D eigenvalue weighted by atomic mass is 10.2. The Morgan fingerprint density at radius 1 is 1.44 bits per heavy atom. The zero-order valence-corrected chi connectivity index (χ0v) is 11.1. The number of hydrogen-bond donors (Lipinski definition) is 1. The van der Waals surface area contributed by atoms with Gasteiger partial charge in [-0.25, -0.2) is 0 Å². The van der Waals surface area contributed by atoms with Crippen molar-refractivity contribution in [3.8, 4) is 0 Å². The zero-order valence-electron chi connectivity index (χ0n) is 10.4. The van der Waals surface area contributed by atoms with Gasteiger partial charge in [-0.1, -0.05) is 22.8 Å². The molecule has 96 valence electrons. The predicted molar refractivity (Wildman–Crippen MR) is 70.5 cm³/mol. The molecule has 0 amide bonds. The number of nitrogens with two attached hydrogens (primary N) is 1. The summed E-state index contributed by atoms with van der Waals surface area (Å²) in [5.74, 6) is 1.05. The van der Waals surface area contributed by atoms with Crippen molar-refractivity contribution in [3.05, 3.63) is 40.5 Å². The van der Waals surface area contributed by atoms with Crippen molar-refractivity contribution in [1.82, 2.24) is 10.1 Å². The minimum Gasteiger partial charge on any atom is -0.367 e. The lowest BCUT2D eigenvalue weighted by molar-refractivity contribution is 0.374. The van der Waals surface area contributed by atoms with Crippen LogP contribution in [0.25, 0.3) is 0 Å². The van der Waals surface area contributed by atoms with Crippen molar-refractivity contribution >= 4 is 17.3 Å². The molecule has 0 saturated heterocycles. The van der Waals surface area contributed by atoms with Crippen molar-refractivity contribution in [2.75, 3.05) is 11.9 Å². The third kappa shape index (κ3) is 2.80. The van der Waals surface area contributed by atoms with Crippen molar-refractivity contribution in [2.24, 2.45) is 5.73 Å². The molecule has 2 aromatic rings. The first-order valence-electron chi connectivity index (χ1n) is 5.59. The van der Waals surface area contributed by atoms with Gasteiger partial charge < -0.3 is 15.2 Å². The van der Waals surface area contributed by atoms with Gasteiger partial charge in [0.15, 0.2) is 5.82 Å². The standard InChI is InChI=1S/C12H15ClN4O/c1-8-3-4-9(5-10(8)13)17(2)7-11-15-12(6-14)18-16-11/h3-5H,6-7,14H2,1-2H3. The number of rotatable bonds is 4. The Kier molecular flexibility index (Phi) is 3.84. The first-order chi connectivity index (χ1) is 8.60. The van der Waals surface area contributed by atoms with Crippen LogP contribution in [-0.2, 0) is 13.1 Å². The van der Waals surface area contributed by atoms with Crippen molar-refractivity contribution in [2.45, 2.75) is 20.0 Å². The lowest BCUT2D eigenvalue weighted by Crippen LogP contribution is -2.17. The van der Waals surface area contributed by atoms with Gasteiger partial charge in [-0.2, -0.15) is 4.98 Å². The van der Waals surface area contributed by atoms with Crippen LogP contribution in [0.3, 0.4) is 0 Å². The second-order valence-corrected chi connectivity index (χ2v) is 4.51. The van der Waals surface area contributed by atoms with E-state index >= 15 is 0 Å². The molecule has 1 aromatic carbocycles. The molecule has 0 aliphatic carbocycles. The van der Waals surface area contributed by atoms with E-state index in [2.05, 4.69) is 10.1 Å². The Bertz CT molecular complexity index is 541. The highest BCUT2D eigenvalue weighted by molar-refractivity contribution is 6.31. The number of aryl methyl sites for hydroxylation is 1. The number of aromatic nitrogens is 2. The van der Waals surface area contributed by atoms with E-state index < -0.39 is 0 Å². The van der Waals surface area contributed by atoms with Crippen LogP contribution in [0, 0.1) is 6.92 Å². The molecule has 0 atom stereocenters. The smallest absolute Gasteiger partial charge is 0.240 e. The van der Waals surface area contributed by atoms with Crippen LogP contribution in [0.5, 0.6) is 0 Å². The van der Waals surface area contributed by atoms with E-state index in [0.29, 0.717) is 18.3 Å². The van der Waals surface area contributed by atoms with Crippen LogP contribution in [0.4, 0.5) is 5.69 Å². The zero-order chi connectivity index (χ0) is 13.1. The molecule has 2 rings (SSSR count). The summed E-state index contributed by atoms with van der Waals surface area (Å²) >= 11 is 6.09. The summed E-state index contributed by atoms with van der Waals surface area (Å²) in [6.45, 7) is 2.77. The molecule has 0 bridgehead atoms. The van der Waals surface area contributed by atoms with E-state index in [4.69, 9.17) is 21.9 Å². The number of halogens is 1. The number of hydrogen-bond acceptors (Lipinski definition) is 5. The number of nitrogens with zero attached hydrogens (tertiary/aromatic N) is 3. The van der Waals surface area contributed by atoms with Gasteiger partial charge in [0.25, 0.3) is 0 Å². The van der Waals surface area contributed by atoms with Crippen LogP contribution >= 0.6 is 11.6 Å². The van der Waals surface area contributed by atoms with Crippen LogP contribution in [-0.4, -0.2) is 17.2 Å². The van der Waals surface area contributed by atoms with Crippen LogP contribution in [0.1, 0.15) is 17.3 Å². The van der Waals surface area contributed by atoms with Crippen LogP contribution < -0.4 is 10.6 Å². The Morgan fingerprint density at radius 3 is 2.83 bits per heavy atom. The van der Waals surface area contributed by atoms with Crippen LogP contribution in [0.15, 0.2) is 22.7 Å². The molecule has 1 heterocycles. The van der Waals surface area contributed by atoms with Crippen LogP contribution in [0.2, 0.25) is 5.02 Å². The monoisotopic (exact) mass is 266 g/mol. The normalized spacial score (nSPS) is 10.7. The third-order valence-electron chi connectivity index (χ3n) is 2.66. The van der Waals surface area contributed by atoms with Gasteiger partial charge in [0.1, 0.15) is 0 Å². The first kappa shape index (κ1) is 12.9. The number of benzene rings is 1. The largest absolute Gasteiger partial charge is 0.367 e. The fourth-order valence-electron chi connectivity index (χ4n) is 1.56. The number of anilines is 1. The fraction of sp³-hybridized carbons (Fsp3) is 0.333. The Labute approximate surface area is 111 Å². The summed E-state index contributed by atoms with van der Waals surface area (Å²) < 4.78 is 4.95. The summed E-state index contributed by atoms with van der Waals surface area (Å²) in [5, 5.41) is 4.60. The summed E-state index contributed by atoms with van der Waals surface area (Å²) in [6.07, 6.45) is 0. The van der Waals surface area contributed by atoms with Crippen molar-refractivity contribution in [1.29, 1.82) is 0 Å². The van der Waals surface area contributed by atoms with E-state index in [1.807, 2.05) is 37.1 Å². The van der Waals surface area contributed by atoms with Crippen molar-refractivity contribution < 1.29 is 4.52 Å². The van der Waals surface area contributed by atoms with E-state index in [1.54, 1.807) is 0 Å². The van der Waals surface area contributed by atoms with E-state index in [0.717, 1.165) is 16.3 Å². The summed E-state index contributed by atoms with van der Waals surface area (Å²) in [5.41, 5.74) is 7.47.